The van der Waals surface area contributed by atoms with Gasteiger partial charge in [0, 0.05) is 11.6 Å². The number of carbonyl (C=O) groups is 1. The van der Waals surface area contributed by atoms with Crippen LogP contribution in [0, 0.1) is 13.8 Å². The first-order valence-corrected chi connectivity index (χ1v) is 7.71. The Bertz CT molecular complexity index is 636. The molecule has 2 aromatic rings. The number of benzene rings is 1. The van der Waals surface area contributed by atoms with Gasteiger partial charge in [0.1, 0.15) is 5.01 Å². The van der Waals surface area contributed by atoms with E-state index in [0.29, 0.717) is 11.0 Å². The number of anilines is 2. The third-order valence-corrected chi connectivity index (χ3v) is 4.14. The monoisotopic (exact) mass is 304 g/mol. The Kier molecular flexibility index (Phi) is 4.90. The largest absolute Gasteiger partial charge is 0.376 e. The summed E-state index contributed by atoms with van der Waals surface area (Å²) in [6.45, 7) is 8.38. The van der Waals surface area contributed by atoms with Crippen molar-refractivity contribution in [2.45, 2.75) is 33.6 Å². The Balaban J connectivity index is 1.89. The molecule has 1 aromatic carbocycles. The fourth-order valence-electron chi connectivity index (χ4n) is 1.87. The molecule has 6 heteroatoms. The molecule has 2 rings (SSSR count). The predicted octanol–water partition coefficient (Wildman–Crippen LogP) is 3.33. The first-order chi connectivity index (χ1) is 9.95. The second-order valence-corrected chi connectivity index (χ2v) is 6.33. The Hall–Kier alpha value is -1.95. The number of rotatable bonds is 5. The van der Waals surface area contributed by atoms with Gasteiger partial charge in [0.15, 0.2) is 0 Å². The summed E-state index contributed by atoms with van der Waals surface area (Å²) < 4.78 is 0. The predicted molar refractivity (Wildman–Crippen MR) is 87.0 cm³/mol. The van der Waals surface area contributed by atoms with Crippen LogP contribution in [-0.2, 0) is 4.79 Å². The van der Waals surface area contributed by atoms with Crippen molar-refractivity contribution in [3.63, 3.8) is 0 Å². The molecule has 1 amide bonds. The van der Waals surface area contributed by atoms with Gasteiger partial charge in [-0.3, -0.25) is 10.1 Å². The van der Waals surface area contributed by atoms with Gasteiger partial charge < -0.3 is 5.32 Å². The van der Waals surface area contributed by atoms with Crippen LogP contribution in [0.4, 0.5) is 10.8 Å². The fraction of sp³-hybridized carbons (Fsp3) is 0.400. The van der Waals surface area contributed by atoms with Crippen molar-refractivity contribution in [3.05, 3.63) is 34.3 Å². The molecule has 1 aromatic heterocycles. The van der Waals surface area contributed by atoms with Crippen molar-refractivity contribution in [2.24, 2.45) is 0 Å². The molecule has 5 nitrogen and oxygen atoms in total. The number of nitrogens with zero attached hydrogens (tertiary/aromatic N) is 2. The molecule has 0 bridgehead atoms. The van der Waals surface area contributed by atoms with E-state index < -0.39 is 0 Å². The molecule has 1 heterocycles. The van der Waals surface area contributed by atoms with Crippen LogP contribution in [-0.4, -0.2) is 22.6 Å². The molecule has 2 N–H and O–H groups in total. The summed E-state index contributed by atoms with van der Waals surface area (Å²) in [6.07, 6.45) is 0. The quantitative estimate of drug-likeness (QED) is 0.889. The average molecular weight is 304 g/mol. The minimum Gasteiger partial charge on any atom is -0.376 e. The molecule has 112 valence electrons. The number of hydrogen-bond donors (Lipinski definition) is 2. The Labute approximate surface area is 128 Å². The summed E-state index contributed by atoms with van der Waals surface area (Å²) >= 11 is 1.41. The second-order valence-electron chi connectivity index (χ2n) is 5.32. The van der Waals surface area contributed by atoms with Crippen LogP contribution < -0.4 is 10.6 Å². The molecule has 0 aliphatic rings. The van der Waals surface area contributed by atoms with Crippen molar-refractivity contribution >= 4 is 28.1 Å². The van der Waals surface area contributed by atoms with E-state index in [1.807, 2.05) is 39.8 Å². The Morgan fingerprint density at radius 1 is 1.29 bits per heavy atom. The lowest BCUT2D eigenvalue weighted by Crippen LogP contribution is -2.22. The van der Waals surface area contributed by atoms with Gasteiger partial charge in [0.25, 0.3) is 0 Å². The van der Waals surface area contributed by atoms with E-state index >= 15 is 0 Å². The Morgan fingerprint density at radius 2 is 2.05 bits per heavy atom. The summed E-state index contributed by atoms with van der Waals surface area (Å²) in [5, 5.41) is 15.4. The average Bonchev–Trinajstić information content (AvgIpc) is 2.86. The van der Waals surface area contributed by atoms with Crippen LogP contribution in [0.5, 0.6) is 0 Å². The van der Waals surface area contributed by atoms with Gasteiger partial charge in [0.2, 0.25) is 11.0 Å². The van der Waals surface area contributed by atoms with Crippen LogP contribution in [0.25, 0.3) is 0 Å². The number of hydrogen-bond acceptors (Lipinski definition) is 5. The maximum absolute atomic E-state index is 11.9. The summed E-state index contributed by atoms with van der Waals surface area (Å²) in [5.74, 6) is 0.197. The Morgan fingerprint density at radius 3 is 2.67 bits per heavy atom. The summed E-state index contributed by atoms with van der Waals surface area (Å²) in [6, 6.07) is 6.09. The van der Waals surface area contributed by atoms with Crippen molar-refractivity contribution in [1.29, 1.82) is 0 Å². The van der Waals surface area contributed by atoms with Gasteiger partial charge in [-0.25, -0.2) is 0 Å². The van der Waals surface area contributed by atoms with Crippen molar-refractivity contribution < 1.29 is 4.79 Å². The molecule has 0 aliphatic heterocycles. The van der Waals surface area contributed by atoms with Crippen LogP contribution in [0.15, 0.2) is 18.2 Å². The van der Waals surface area contributed by atoms with Crippen LogP contribution in [0.3, 0.4) is 0 Å². The number of amides is 1. The molecule has 0 saturated carbocycles. The zero-order chi connectivity index (χ0) is 15.4. The smallest absolute Gasteiger partial charge is 0.245 e. The lowest BCUT2D eigenvalue weighted by Gasteiger charge is -2.09. The van der Waals surface area contributed by atoms with Gasteiger partial charge in [-0.15, -0.1) is 10.2 Å². The van der Waals surface area contributed by atoms with E-state index in [4.69, 9.17) is 0 Å². The number of aryl methyl sites for hydroxylation is 2. The van der Waals surface area contributed by atoms with Crippen molar-refractivity contribution in [3.8, 4) is 0 Å². The molecule has 0 fully saturated rings. The van der Waals surface area contributed by atoms with Gasteiger partial charge in [-0.1, -0.05) is 42.9 Å². The lowest BCUT2D eigenvalue weighted by atomic mass is 10.1. The first-order valence-electron chi connectivity index (χ1n) is 6.90. The first kappa shape index (κ1) is 15.4. The minimum atomic E-state index is -0.124. The maximum atomic E-state index is 11.9. The van der Waals surface area contributed by atoms with E-state index in [-0.39, 0.29) is 12.5 Å². The standard InChI is InChI=1S/C15H20N4OS/c1-9(2)14-18-19-15(21-14)17-13(20)8-16-12-6-5-10(3)7-11(12)4/h5-7,9,16H,8H2,1-4H3,(H,17,19,20). The van der Waals surface area contributed by atoms with Crippen LogP contribution in [0.2, 0.25) is 0 Å². The number of nitrogens with one attached hydrogen (secondary N) is 2. The summed E-state index contributed by atoms with van der Waals surface area (Å²) in [5.41, 5.74) is 3.30. The molecular formula is C15H20N4OS. The van der Waals surface area contributed by atoms with Gasteiger partial charge in [0.05, 0.1) is 6.54 Å². The highest BCUT2D eigenvalue weighted by molar-refractivity contribution is 7.15. The molecule has 0 atom stereocenters. The van der Waals surface area contributed by atoms with Gasteiger partial charge in [-0.2, -0.15) is 0 Å². The molecule has 0 spiro atoms. The van der Waals surface area contributed by atoms with E-state index in [2.05, 4.69) is 26.9 Å². The highest BCUT2D eigenvalue weighted by atomic mass is 32.1. The summed E-state index contributed by atoms with van der Waals surface area (Å²) in [4.78, 5) is 11.9. The minimum absolute atomic E-state index is 0.124. The van der Waals surface area contributed by atoms with E-state index in [1.165, 1.54) is 16.9 Å². The zero-order valence-electron chi connectivity index (χ0n) is 12.7. The normalized spacial score (nSPS) is 10.7. The van der Waals surface area contributed by atoms with Crippen LogP contribution in [0.1, 0.15) is 35.9 Å². The lowest BCUT2D eigenvalue weighted by molar-refractivity contribution is -0.114. The summed E-state index contributed by atoms with van der Waals surface area (Å²) in [7, 11) is 0. The molecule has 0 aliphatic carbocycles. The van der Waals surface area contributed by atoms with Crippen molar-refractivity contribution in [1.82, 2.24) is 10.2 Å². The fourth-order valence-corrected chi connectivity index (χ4v) is 2.63. The third-order valence-electron chi connectivity index (χ3n) is 3.00. The molecule has 0 radical (unpaired) electrons. The zero-order valence-corrected chi connectivity index (χ0v) is 13.5. The highest BCUT2D eigenvalue weighted by Gasteiger charge is 2.10. The molecule has 21 heavy (non-hydrogen) atoms. The SMILES string of the molecule is Cc1ccc(NCC(=O)Nc2nnc(C(C)C)s2)c(C)c1. The molecule has 0 saturated heterocycles. The van der Waals surface area contributed by atoms with Gasteiger partial charge in [-0.05, 0) is 25.5 Å². The molecular weight excluding hydrogens is 284 g/mol. The van der Waals surface area contributed by atoms with E-state index in [9.17, 15) is 4.79 Å². The number of carbonyl (C=O) groups excluding carboxylic acids is 1. The third kappa shape index (κ3) is 4.26. The second kappa shape index (κ2) is 6.67. The van der Waals surface area contributed by atoms with Crippen LogP contribution >= 0.6 is 11.3 Å². The van der Waals surface area contributed by atoms with Gasteiger partial charge >= 0.3 is 0 Å². The maximum Gasteiger partial charge on any atom is 0.245 e. The number of aromatic nitrogens is 2. The highest BCUT2D eigenvalue weighted by Crippen LogP contribution is 2.22. The molecule has 0 unspecified atom stereocenters. The topological polar surface area (TPSA) is 66.9 Å². The van der Waals surface area contributed by atoms with E-state index in [1.54, 1.807) is 0 Å². The van der Waals surface area contributed by atoms with E-state index in [0.717, 1.165) is 16.3 Å². The van der Waals surface area contributed by atoms with Crippen molar-refractivity contribution in [2.75, 3.05) is 17.2 Å².